The molecular formula is C36H72O6. The van der Waals surface area contributed by atoms with E-state index in [1.807, 2.05) is 0 Å². The molecule has 2 N–H and O–H groups in total. The molecule has 42 heavy (non-hydrogen) atoms. The van der Waals surface area contributed by atoms with Crippen molar-refractivity contribution in [2.75, 3.05) is 6.61 Å². The molecule has 252 valence electrons. The number of unbranched alkanes of at least 4 members (excludes halogenated alkanes) is 18. The normalized spacial score (nSPS) is 11.9. The summed E-state index contributed by atoms with van der Waals surface area (Å²) in [5, 5.41) is 14.8. The van der Waals surface area contributed by atoms with Gasteiger partial charge in [0, 0.05) is 13.8 Å². The smallest absolute Gasteiger partial charge is 0.312 e. The summed E-state index contributed by atoms with van der Waals surface area (Å²) in [6, 6.07) is 0. The molecule has 0 rings (SSSR count). The molecule has 6 heteroatoms. The molecule has 0 aromatic carbocycles. The Morgan fingerprint density at radius 3 is 1.00 bits per heavy atom. The van der Waals surface area contributed by atoms with Crippen LogP contribution in [0, 0.1) is 5.41 Å². The number of esters is 1. The van der Waals surface area contributed by atoms with Crippen molar-refractivity contribution in [2.45, 2.75) is 202 Å². The van der Waals surface area contributed by atoms with Crippen LogP contribution in [0.1, 0.15) is 202 Å². The third kappa shape index (κ3) is 36.4. The van der Waals surface area contributed by atoms with Crippen molar-refractivity contribution >= 4 is 17.9 Å². The predicted octanol–water partition coefficient (Wildman–Crippen LogP) is 11.5. The Balaban J connectivity index is -0.00000167. The van der Waals surface area contributed by atoms with Crippen molar-refractivity contribution < 1.29 is 29.3 Å². The Bertz CT molecular complexity index is 571. The number of aliphatic carboxylic acids is 2. The van der Waals surface area contributed by atoms with Crippen molar-refractivity contribution in [2.24, 2.45) is 5.41 Å². The maximum absolute atomic E-state index is 13.6. The quantitative estimate of drug-likeness (QED) is 0.0718. The lowest BCUT2D eigenvalue weighted by molar-refractivity contribution is -0.158. The van der Waals surface area contributed by atoms with Crippen LogP contribution in [-0.2, 0) is 19.1 Å². The van der Waals surface area contributed by atoms with Crippen molar-refractivity contribution in [1.82, 2.24) is 0 Å². The molecule has 0 heterocycles. The highest BCUT2D eigenvalue weighted by molar-refractivity contribution is 5.76. The van der Waals surface area contributed by atoms with Gasteiger partial charge in [0.05, 0.1) is 12.0 Å². The van der Waals surface area contributed by atoms with Crippen molar-refractivity contribution in [3.63, 3.8) is 0 Å². The monoisotopic (exact) mass is 601 g/mol. The van der Waals surface area contributed by atoms with Gasteiger partial charge in [0.15, 0.2) is 0 Å². The summed E-state index contributed by atoms with van der Waals surface area (Å²) < 4.78 is 6.03. The first-order chi connectivity index (χ1) is 20.1. The molecule has 6 nitrogen and oxygen atoms in total. The highest BCUT2D eigenvalue weighted by Gasteiger charge is 2.38. The van der Waals surface area contributed by atoms with Gasteiger partial charge in [0.25, 0.3) is 11.9 Å². The Hall–Kier alpha value is -1.59. The average Bonchev–Trinajstić information content (AvgIpc) is 2.93. The van der Waals surface area contributed by atoms with Gasteiger partial charge in [-0.1, -0.05) is 163 Å². The molecule has 0 saturated heterocycles. The second-order valence-corrected chi connectivity index (χ2v) is 12.1. The van der Waals surface area contributed by atoms with Crippen LogP contribution >= 0.6 is 0 Å². The Morgan fingerprint density at radius 2 is 0.690 bits per heavy atom. The summed E-state index contributed by atoms with van der Waals surface area (Å²) in [6.07, 6.45) is 31.2. The molecule has 1 unspecified atom stereocenters. The summed E-state index contributed by atoms with van der Waals surface area (Å²) in [7, 11) is 0. The van der Waals surface area contributed by atoms with E-state index in [1.165, 1.54) is 135 Å². The molecule has 0 amide bonds. The first kappa shape index (κ1) is 44.8. The van der Waals surface area contributed by atoms with E-state index in [0.29, 0.717) is 6.61 Å². The number of carbonyl (C=O) groups excluding carboxylic acids is 1. The van der Waals surface area contributed by atoms with E-state index >= 15 is 0 Å². The zero-order chi connectivity index (χ0) is 32.3. The minimum Gasteiger partial charge on any atom is -0.481 e. The molecule has 0 saturated carbocycles. The van der Waals surface area contributed by atoms with Crippen LogP contribution < -0.4 is 0 Å². The lowest BCUT2D eigenvalue weighted by atomic mass is 9.74. The molecular weight excluding hydrogens is 528 g/mol. The van der Waals surface area contributed by atoms with Gasteiger partial charge < -0.3 is 14.9 Å². The molecule has 0 aliphatic heterocycles. The van der Waals surface area contributed by atoms with Crippen molar-refractivity contribution in [1.29, 1.82) is 0 Å². The summed E-state index contributed by atoms with van der Waals surface area (Å²) in [5.41, 5.74) is -0.216. The minimum absolute atomic E-state index is 0.152. The number of hydrogen-bond donors (Lipinski definition) is 2. The lowest BCUT2D eigenvalue weighted by Gasteiger charge is -2.32. The van der Waals surface area contributed by atoms with Gasteiger partial charge in [-0.05, 0) is 25.7 Å². The number of ether oxygens (including phenoxy) is 1. The van der Waals surface area contributed by atoms with E-state index in [-0.39, 0.29) is 11.4 Å². The predicted molar refractivity (Wildman–Crippen MR) is 178 cm³/mol. The van der Waals surface area contributed by atoms with E-state index in [4.69, 9.17) is 24.5 Å². The van der Waals surface area contributed by atoms with Gasteiger partial charge >= 0.3 is 5.97 Å². The second-order valence-electron chi connectivity index (χ2n) is 12.1. The first-order valence-corrected chi connectivity index (χ1v) is 17.7. The molecule has 0 spiro atoms. The second kappa shape index (κ2) is 35.6. The number of rotatable bonds is 27. The van der Waals surface area contributed by atoms with Crippen LogP contribution in [0.2, 0.25) is 0 Å². The molecule has 0 aliphatic rings. The molecule has 0 fully saturated rings. The van der Waals surface area contributed by atoms with Crippen LogP contribution in [0.15, 0.2) is 0 Å². The van der Waals surface area contributed by atoms with E-state index in [2.05, 4.69) is 27.7 Å². The fraction of sp³-hybridized carbons (Fsp3) is 0.917. The van der Waals surface area contributed by atoms with E-state index in [1.54, 1.807) is 0 Å². The Morgan fingerprint density at radius 1 is 0.452 bits per heavy atom. The van der Waals surface area contributed by atoms with Gasteiger partial charge in [-0.3, -0.25) is 14.4 Å². The summed E-state index contributed by atoms with van der Waals surface area (Å²) >= 11 is 0. The fourth-order valence-electron chi connectivity index (χ4n) is 5.26. The zero-order valence-corrected chi connectivity index (χ0v) is 28.9. The van der Waals surface area contributed by atoms with Crippen LogP contribution in [0.25, 0.3) is 0 Å². The number of carboxylic acid groups (broad SMARTS) is 2. The summed E-state index contributed by atoms with van der Waals surface area (Å²) in [4.78, 5) is 31.6. The highest BCUT2D eigenvalue weighted by atomic mass is 16.5. The van der Waals surface area contributed by atoms with Gasteiger partial charge in [0.2, 0.25) is 0 Å². The number of carboxylic acids is 2. The molecule has 0 aliphatic carbocycles. The van der Waals surface area contributed by atoms with E-state index in [9.17, 15) is 4.79 Å². The van der Waals surface area contributed by atoms with Gasteiger partial charge in [-0.25, -0.2) is 0 Å². The third-order valence-corrected chi connectivity index (χ3v) is 7.69. The zero-order valence-electron chi connectivity index (χ0n) is 28.9. The standard InChI is InChI=1S/C32H64O2.2C2H4O2/c1-5-9-13-17-19-22-26-30-34-31(33)32(27-23-16-12-8-4,28-24-20-15-11-7-3)29-25-21-18-14-10-6-2;2*1-2(3)4/h5-30H2,1-4H3;2*1H3,(H,3,4). The maximum atomic E-state index is 13.6. The summed E-state index contributed by atoms with van der Waals surface area (Å²) in [5.74, 6) is -1.51. The lowest BCUT2D eigenvalue weighted by Crippen LogP contribution is -2.34. The minimum atomic E-state index is -0.833. The molecule has 1 atom stereocenters. The SMILES string of the molecule is CC(=O)O.CC(=O)O.CCCCCCCCCOC(=O)C(CCCCCC)(CCCCCCC)CCCCCCCC. The first-order valence-electron chi connectivity index (χ1n) is 17.7. The largest absolute Gasteiger partial charge is 0.481 e. The van der Waals surface area contributed by atoms with Gasteiger partial charge in [0.1, 0.15) is 0 Å². The van der Waals surface area contributed by atoms with Crippen LogP contribution in [0.3, 0.4) is 0 Å². The van der Waals surface area contributed by atoms with Gasteiger partial charge in [-0.2, -0.15) is 0 Å². The Labute approximate surface area is 261 Å². The van der Waals surface area contributed by atoms with Crippen molar-refractivity contribution in [3.05, 3.63) is 0 Å². The van der Waals surface area contributed by atoms with Gasteiger partial charge in [-0.15, -0.1) is 0 Å². The average molecular weight is 601 g/mol. The van der Waals surface area contributed by atoms with Crippen LogP contribution in [0.5, 0.6) is 0 Å². The maximum Gasteiger partial charge on any atom is 0.312 e. The van der Waals surface area contributed by atoms with Crippen LogP contribution in [0.4, 0.5) is 0 Å². The topological polar surface area (TPSA) is 101 Å². The molecule has 0 aromatic rings. The molecule has 0 bridgehead atoms. The van der Waals surface area contributed by atoms with E-state index in [0.717, 1.165) is 39.5 Å². The molecule has 0 aromatic heterocycles. The number of hydrogen-bond acceptors (Lipinski definition) is 4. The van der Waals surface area contributed by atoms with Crippen LogP contribution in [-0.4, -0.2) is 34.7 Å². The fourth-order valence-corrected chi connectivity index (χ4v) is 5.26. The van der Waals surface area contributed by atoms with Crippen molar-refractivity contribution in [3.8, 4) is 0 Å². The highest BCUT2D eigenvalue weighted by Crippen LogP contribution is 2.39. The third-order valence-electron chi connectivity index (χ3n) is 7.69. The van der Waals surface area contributed by atoms with E-state index < -0.39 is 11.9 Å². The molecule has 0 radical (unpaired) electrons. The number of carbonyl (C=O) groups is 3. The Kier molecular flexibility index (Phi) is 38.0. The summed E-state index contributed by atoms with van der Waals surface area (Å²) in [6.45, 7) is 11.9.